The van der Waals surface area contributed by atoms with Gasteiger partial charge >= 0.3 is 5.97 Å². The van der Waals surface area contributed by atoms with Crippen molar-refractivity contribution < 1.29 is 19.4 Å². The standard InChI is InChI=1S/C9H14ClNO4/c1-9(2,4-10)8(14)11-6-5(12)3-15-7(6)13/h5-6,12H,3-4H2,1-2H3,(H,11,14)/t5-,6-/m1/s1. The number of nitrogens with one attached hydrogen (secondary N) is 1. The molecule has 2 N–H and O–H groups in total. The molecular formula is C9H14ClNO4. The number of esters is 1. The number of carbonyl (C=O) groups is 2. The van der Waals surface area contributed by atoms with Crippen molar-refractivity contribution in [1.82, 2.24) is 5.32 Å². The fourth-order valence-corrected chi connectivity index (χ4v) is 1.18. The Morgan fingerprint density at radius 1 is 1.73 bits per heavy atom. The number of cyclic esters (lactones) is 1. The van der Waals surface area contributed by atoms with Crippen LogP contribution in [-0.4, -0.2) is 41.6 Å². The summed E-state index contributed by atoms with van der Waals surface area (Å²) in [4.78, 5) is 22.7. The van der Waals surface area contributed by atoms with Crippen LogP contribution in [0.25, 0.3) is 0 Å². The second-order valence-corrected chi connectivity index (χ2v) is 4.43. The van der Waals surface area contributed by atoms with Crippen LogP contribution in [-0.2, 0) is 14.3 Å². The normalized spacial score (nSPS) is 26.3. The summed E-state index contributed by atoms with van der Waals surface area (Å²) in [5.41, 5.74) is -0.774. The first-order valence-corrected chi connectivity index (χ1v) is 5.13. The Labute approximate surface area is 92.7 Å². The van der Waals surface area contributed by atoms with Crippen LogP contribution in [0.5, 0.6) is 0 Å². The Morgan fingerprint density at radius 2 is 2.33 bits per heavy atom. The van der Waals surface area contributed by atoms with Crippen molar-refractivity contribution in [2.45, 2.75) is 26.0 Å². The van der Waals surface area contributed by atoms with E-state index in [1.807, 2.05) is 0 Å². The molecule has 0 aromatic carbocycles. The van der Waals surface area contributed by atoms with Crippen molar-refractivity contribution in [2.75, 3.05) is 12.5 Å². The number of alkyl halides is 1. The minimum atomic E-state index is -0.979. The summed E-state index contributed by atoms with van der Waals surface area (Å²) in [7, 11) is 0. The molecule has 5 nitrogen and oxygen atoms in total. The molecule has 0 aromatic heterocycles. The average Bonchev–Trinajstić information content (AvgIpc) is 2.49. The van der Waals surface area contributed by atoms with Crippen molar-refractivity contribution in [3.05, 3.63) is 0 Å². The Morgan fingerprint density at radius 3 is 2.73 bits per heavy atom. The fraction of sp³-hybridized carbons (Fsp3) is 0.778. The van der Waals surface area contributed by atoms with E-state index in [1.165, 1.54) is 0 Å². The maximum atomic E-state index is 11.6. The van der Waals surface area contributed by atoms with Gasteiger partial charge < -0.3 is 15.2 Å². The number of amides is 1. The lowest BCUT2D eigenvalue weighted by atomic mass is 9.94. The van der Waals surface area contributed by atoms with E-state index in [2.05, 4.69) is 10.1 Å². The minimum absolute atomic E-state index is 0.0783. The monoisotopic (exact) mass is 235 g/mol. The van der Waals surface area contributed by atoms with Gasteiger partial charge in [-0.3, -0.25) is 4.79 Å². The van der Waals surface area contributed by atoms with Crippen molar-refractivity contribution in [3.8, 4) is 0 Å². The van der Waals surface area contributed by atoms with Gasteiger partial charge in [0.1, 0.15) is 12.7 Å². The number of hydrogen-bond donors (Lipinski definition) is 2. The van der Waals surface area contributed by atoms with E-state index in [9.17, 15) is 14.7 Å². The Kier molecular flexibility index (Phi) is 3.57. The summed E-state index contributed by atoms with van der Waals surface area (Å²) < 4.78 is 4.59. The van der Waals surface area contributed by atoms with E-state index >= 15 is 0 Å². The van der Waals surface area contributed by atoms with E-state index in [0.717, 1.165) is 0 Å². The molecule has 0 aliphatic carbocycles. The van der Waals surface area contributed by atoms with Crippen LogP contribution in [0.1, 0.15) is 13.8 Å². The van der Waals surface area contributed by atoms with Crippen LogP contribution >= 0.6 is 11.6 Å². The van der Waals surface area contributed by atoms with Crippen molar-refractivity contribution in [3.63, 3.8) is 0 Å². The molecule has 0 radical (unpaired) electrons. The van der Waals surface area contributed by atoms with E-state index in [1.54, 1.807) is 13.8 Å². The lowest BCUT2D eigenvalue weighted by Gasteiger charge is -2.22. The molecule has 0 bridgehead atoms. The molecule has 15 heavy (non-hydrogen) atoms. The van der Waals surface area contributed by atoms with Gasteiger partial charge in [0.15, 0.2) is 6.04 Å². The number of rotatable bonds is 3. The third kappa shape index (κ3) is 2.60. The molecule has 1 saturated heterocycles. The van der Waals surface area contributed by atoms with Gasteiger partial charge in [-0.1, -0.05) is 0 Å². The predicted molar refractivity (Wildman–Crippen MR) is 53.4 cm³/mol. The fourth-order valence-electron chi connectivity index (χ4n) is 1.06. The number of ether oxygens (including phenoxy) is 1. The first kappa shape index (κ1) is 12.3. The third-order valence-corrected chi connectivity index (χ3v) is 2.94. The Hall–Kier alpha value is -0.810. The van der Waals surface area contributed by atoms with Gasteiger partial charge in [0.2, 0.25) is 5.91 Å². The zero-order valence-corrected chi connectivity index (χ0v) is 9.37. The molecular weight excluding hydrogens is 222 g/mol. The highest BCUT2D eigenvalue weighted by atomic mass is 35.5. The highest BCUT2D eigenvalue weighted by Gasteiger charge is 2.39. The molecule has 0 spiro atoms. The quantitative estimate of drug-likeness (QED) is 0.518. The maximum Gasteiger partial charge on any atom is 0.331 e. The highest BCUT2D eigenvalue weighted by Crippen LogP contribution is 2.18. The number of halogens is 1. The maximum absolute atomic E-state index is 11.6. The van der Waals surface area contributed by atoms with Gasteiger partial charge in [-0.15, -0.1) is 11.6 Å². The Balaban J connectivity index is 2.62. The van der Waals surface area contributed by atoms with Crippen molar-refractivity contribution in [1.29, 1.82) is 0 Å². The first-order valence-electron chi connectivity index (χ1n) is 4.60. The number of aliphatic hydroxyl groups is 1. The van der Waals surface area contributed by atoms with Crippen LogP contribution < -0.4 is 5.32 Å². The van der Waals surface area contributed by atoms with Gasteiger partial charge in [0.25, 0.3) is 0 Å². The predicted octanol–water partition coefficient (Wildman–Crippen LogP) is -0.346. The van der Waals surface area contributed by atoms with Crippen LogP contribution in [0.15, 0.2) is 0 Å². The molecule has 6 heteroatoms. The third-order valence-electron chi connectivity index (χ3n) is 2.27. The van der Waals surface area contributed by atoms with Crippen LogP contribution in [0.4, 0.5) is 0 Å². The van der Waals surface area contributed by atoms with Crippen molar-refractivity contribution in [2.24, 2.45) is 5.41 Å². The summed E-state index contributed by atoms with van der Waals surface area (Å²) in [5.74, 6) is -0.849. The van der Waals surface area contributed by atoms with Gasteiger partial charge in [0, 0.05) is 5.88 Å². The Bertz CT molecular complexity index is 279. The average molecular weight is 236 g/mol. The second kappa shape index (κ2) is 4.37. The molecule has 1 rings (SSSR count). The largest absolute Gasteiger partial charge is 0.461 e. The topological polar surface area (TPSA) is 75.6 Å². The van der Waals surface area contributed by atoms with Gasteiger partial charge in [-0.2, -0.15) is 0 Å². The second-order valence-electron chi connectivity index (χ2n) is 4.17. The van der Waals surface area contributed by atoms with Gasteiger partial charge in [-0.05, 0) is 13.8 Å². The van der Waals surface area contributed by atoms with Crippen LogP contribution in [0.2, 0.25) is 0 Å². The van der Waals surface area contributed by atoms with Crippen LogP contribution in [0, 0.1) is 5.41 Å². The van der Waals surface area contributed by atoms with E-state index in [0.29, 0.717) is 0 Å². The zero-order valence-electron chi connectivity index (χ0n) is 8.62. The minimum Gasteiger partial charge on any atom is -0.461 e. The summed E-state index contributed by atoms with van der Waals surface area (Å²) in [6, 6.07) is -0.972. The molecule has 1 aliphatic rings. The molecule has 2 atom stereocenters. The summed E-state index contributed by atoms with van der Waals surface area (Å²) in [5, 5.41) is 11.8. The SMILES string of the molecule is CC(C)(CCl)C(=O)N[C@H]1C(=O)OC[C@H]1O. The van der Waals surface area contributed by atoms with E-state index in [-0.39, 0.29) is 18.4 Å². The van der Waals surface area contributed by atoms with E-state index < -0.39 is 23.5 Å². The summed E-state index contributed by atoms with van der Waals surface area (Å²) in [6.45, 7) is 3.23. The zero-order chi connectivity index (χ0) is 11.6. The van der Waals surface area contributed by atoms with Gasteiger partial charge in [-0.25, -0.2) is 4.79 Å². The molecule has 0 unspecified atom stereocenters. The van der Waals surface area contributed by atoms with E-state index in [4.69, 9.17) is 11.6 Å². The molecule has 1 heterocycles. The lowest BCUT2D eigenvalue weighted by Crippen LogP contribution is -2.50. The lowest BCUT2D eigenvalue weighted by molar-refractivity contribution is -0.142. The molecule has 0 aromatic rings. The molecule has 1 amide bonds. The van der Waals surface area contributed by atoms with Gasteiger partial charge in [0.05, 0.1) is 5.41 Å². The first-order chi connectivity index (χ1) is 6.88. The smallest absolute Gasteiger partial charge is 0.331 e. The number of carbonyl (C=O) groups excluding carboxylic acids is 2. The molecule has 1 fully saturated rings. The van der Waals surface area contributed by atoms with Crippen molar-refractivity contribution >= 4 is 23.5 Å². The number of hydrogen-bond acceptors (Lipinski definition) is 4. The summed E-state index contributed by atoms with van der Waals surface area (Å²) in [6.07, 6.45) is -0.979. The molecule has 1 aliphatic heterocycles. The number of aliphatic hydroxyl groups excluding tert-OH is 1. The van der Waals surface area contributed by atoms with Crippen LogP contribution in [0.3, 0.4) is 0 Å². The molecule has 0 saturated carbocycles. The summed E-state index contributed by atoms with van der Waals surface area (Å²) >= 11 is 5.61. The molecule has 86 valence electrons. The highest BCUT2D eigenvalue weighted by molar-refractivity contribution is 6.19.